The van der Waals surface area contributed by atoms with Crippen molar-refractivity contribution in [3.8, 4) is 12.3 Å². The van der Waals surface area contributed by atoms with Gasteiger partial charge in [-0.05, 0) is 20.8 Å². The molecule has 0 aromatic heterocycles. The molecule has 0 saturated heterocycles. The van der Waals surface area contributed by atoms with Crippen molar-refractivity contribution < 1.29 is 14.7 Å². The highest BCUT2D eigenvalue weighted by Gasteiger charge is 2.23. The van der Waals surface area contributed by atoms with Crippen LogP contribution in [-0.2, 0) is 4.79 Å². The highest BCUT2D eigenvalue weighted by Crippen LogP contribution is 2.04. The lowest BCUT2D eigenvalue weighted by Gasteiger charge is -2.30. The van der Waals surface area contributed by atoms with Crippen molar-refractivity contribution in [3.05, 3.63) is 0 Å². The fourth-order valence-electron chi connectivity index (χ4n) is 1.22. The minimum atomic E-state index is -1.03. The second-order valence-corrected chi connectivity index (χ2v) is 3.62. The molecule has 0 unspecified atom stereocenters. The monoisotopic (exact) mass is 226 g/mol. The molecule has 0 aromatic rings. The Hall–Kier alpha value is -1.70. The number of urea groups is 1. The number of carbonyl (C=O) groups is 2. The Labute approximate surface area is 96.0 Å². The third-order valence-electron chi connectivity index (χ3n) is 2.11. The number of terminal acetylenes is 1. The van der Waals surface area contributed by atoms with E-state index in [1.807, 2.05) is 0 Å². The van der Waals surface area contributed by atoms with E-state index in [1.54, 1.807) is 20.8 Å². The summed E-state index contributed by atoms with van der Waals surface area (Å²) in [4.78, 5) is 25.3. The molecule has 0 bridgehead atoms. The minimum absolute atomic E-state index is 0.171. The van der Waals surface area contributed by atoms with E-state index < -0.39 is 5.97 Å². The molecule has 0 spiro atoms. The van der Waals surface area contributed by atoms with Crippen LogP contribution in [0.15, 0.2) is 0 Å². The molecule has 0 heterocycles. The van der Waals surface area contributed by atoms with Crippen LogP contribution in [0, 0.1) is 12.3 Å². The zero-order chi connectivity index (χ0) is 12.7. The first kappa shape index (κ1) is 14.3. The van der Waals surface area contributed by atoms with Crippen molar-refractivity contribution in [1.82, 2.24) is 9.80 Å². The van der Waals surface area contributed by atoms with Crippen LogP contribution < -0.4 is 0 Å². The summed E-state index contributed by atoms with van der Waals surface area (Å²) in [5, 5.41) is 8.71. The molecule has 0 radical (unpaired) electrons. The molecule has 16 heavy (non-hydrogen) atoms. The van der Waals surface area contributed by atoms with Crippen LogP contribution in [0.2, 0.25) is 0 Å². The quantitative estimate of drug-likeness (QED) is 0.707. The van der Waals surface area contributed by atoms with E-state index in [2.05, 4.69) is 5.92 Å². The standard InChI is InChI=1S/C11H18N2O3/c1-5-7-12(6-2)11(16)13(9(3)4)8-10(14)15/h1,9H,6-8H2,2-4H3,(H,14,15). The summed E-state index contributed by atoms with van der Waals surface area (Å²) < 4.78 is 0. The van der Waals surface area contributed by atoms with Crippen LogP contribution in [0.4, 0.5) is 4.79 Å². The van der Waals surface area contributed by atoms with E-state index in [0.29, 0.717) is 6.54 Å². The van der Waals surface area contributed by atoms with E-state index in [1.165, 1.54) is 9.80 Å². The van der Waals surface area contributed by atoms with E-state index >= 15 is 0 Å². The maximum atomic E-state index is 11.9. The van der Waals surface area contributed by atoms with Gasteiger partial charge in [-0.2, -0.15) is 0 Å². The predicted octanol–water partition coefficient (Wildman–Crippen LogP) is 0.856. The summed E-state index contributed by atoms with van der Waals surface area (Å²) >= 11 is 0. The highest BCUT2D eigenvalue weighted by molar-refractivity contribution is 5.80. The fourth-order valence-corrected chi connectivity index (χ4v) is 1.22. The third-order valence-corrected chi connectivity index (χ3v) is 2.11. The lowest BCUT2D eigenvalue weighted by molar-refractivity contribution is -0.138. The molecular formula is C11H18N2O3. The summed E-state index contributed by atoms with van der Waals surface area (Å²) in [6, 6.07) is -0.506. The maximum Gasteiger partial charge on any atom is 0.323 e. The number of amides is 2. The number of rotatable bonds is 5. The first-order valence-electron chi connectivity index (χ1n) is 5.14. The Morgan fingerprint density at radius 1 is 1.44 bits per heavy atom. The lowest BCUT2D eigenvalue weighted by Crippen LogP contribution is -2.48. The smallest absolute Gasteiger partial charge is 0.323 e. The zero-order valence-electron chi connectivity index (χ0n) is 9.93. The number of hydrogen-bond acceptors (Lipinski definition) is 2. The number of carbonyl (C=O) groups excluding carboxylic acids is 1. The van der Waals surface area contributed by atoms with E-state index in [0.717, 1.165) is 0 Å². The molecule has 2 amide bonds. The molecule has 5 heteroatoms. The van der Waals surface area contributed by atoms with Crippen molar-refractivity contribution in [2.45, 2.75) is 26.8 Å². The van der Waals surface area contributed by atoms with Gasteiger partial charge in [-0.25, -0.2) is 4.79 Å². The molecule has 0 fully saturated rings. The summed E-state index contributed by atoms with van der Waals surface area (Å²) in [5.74, 6) is 1.35. The number of hydrogen-bond donors (Lipinski definition) is 1. The van der Waals surface area contributed by atoms with Gasteiger partial charge in [-0.3, -0.25) is 4.79 Å². The van der Waals surface area contributed by atoms with Gasteiger partial charge in [0.1, 0.15) is 6.54 Å². The Morgan fingerprint density at radius 3 is 2.31 bits per heavy atom. The summed E-state index contributed by atoms with van der Waals surface area (Å²) in [5.41, 5.74) is 0. The Kier molecular flexibility index (Phi) is 6.01. The lowest BCUT2D eigenvalue weighted by atomic mass is 10.3. The van der Waals surface area contributed by atoms with Crippen LogP contribution in [0.25, 0.3) is 0 Å². The molecule has 0 aromatic carbocycles. The molecule has 0 aliphatic rings. The zero-order valence-corrected chi connectivity index (χ0v) is 9.93. The molecule has 0 aliphatic carbocycles. The summed E-state index contributed by atoms with van der Waals surface area (Å²) in [6.07, 6.45) is 5.14. The summed E-state index contributed by atoms with van der Waals surface area (Å²) in [7, 11) is 0. The predicted molar refractivity (Wildman–Crippen MR) is 61.0 cm³/mol. The highest BCUT2D eigenvalue weighted by atomic mass is 16.4. The van der Waals surface area contributed by atoms with Gasteiger partial charge in [0.05, 0.1) is 6.54 Å². The van der Waals surface area contributed by atoms with Crippen LogP contribution in [0.3, 0.4) is 0 Å². The fraction of sp³-hybridized carbons (Fsp3) is 0.636. The number of nitrogens with zero attached hydrogens (tertiary/aromatic N) is 2. The molecule has 0 aliphatic heterocycles. The summed E-state index contributed by atoms with van der Waals surface area (Å²) in [6.45, 7) is 5.69. The molecule has 0 rings (SSSR count). The third kappa shape index (κ3) is 4.22. The molecule has 5 nitrogen and oxygen atoms in total. The largest absolute Gasteiger partial charge is 0.480 e. The van der Waals surface area contributed by atoms with Crippen molar-refractivity contribution in [1.29, 1.82) is 0 Å². The molecule has 90 valence electrons. The second kappa shape index (κ2) is 6.72. The van der Waals surface area contributed by atoms with E-state index in [9.17, 15) is 9.59 Å². The van der Waals surface area contributed by atoms with Crippen molar-refractivity contribution in [3.63, 3.8) is 0 Å². The Balaban J connectivity index is 4.71. The SMILES string of the molecule is C#CCN(CC)C(=O)N(CC(=O)O)C(C)C. The van der Waals surface area contributed by atoms with E-state index in [-0.39, 0.29) is 25.2 Å². The van der Waals surface area contributed by atoms with Gasteiger partial charge >= 0.3 is 12.0 Å². The second-order valence-electron chi connectivity index (χ2n) is 3.62. The maximum absolute atomic E-state index is 11.9. The van der Waals surface area contributed by atoms with Gasteiger partial charge in [0, 0.05) is 12.6 Å². The van der Waals surface area contributed by atoms with Gasteiger partial charge in [0.15, 0.2) is 0 Å². The Bertz CT molecular complexity index is 294. The number of aliphatic carboxylic acids is 1. The molecule has 0 saturated carbocycles. The van der Waals surface area contributed by atoms with Crippen LogP contribution >= 0.6 is 0 Å². The van der Waals surface area contributed by atoms with Gasteiger partial charge in [0.25, 0.3) is 0 Å². The van der Waals surface area contributed by atoms with Crippen molar-refractivity contribution in [2.24, 2.45) is 0 Å². The van der Waals surface area contributed by atoms with Gasteiger partial charge in [-0.1, -0.05) is 5.92 Å². The van der Waals surface area contributed by atoms with Gasteiger partial charge in [0.2, 0.25) is 0 Å². The van der Waals surface area contributed by atoms with Crippen LogP contribution in [0.5, 0.6) is 0 Å². The number of carboxylic acids is 1. The van der Waals surface area contributed by atoms with Crippen LogP contribution in [0.1, 0.15) is 20.8 Å². The minimum Gasteiger partial charge on any atom is -0.480 e. The topological polar surface area (TPSA) is 60.9 Å². The first-order valence-corrected chi connectivity index (χ1v) is 5.14. The van der Waals surface area contributed by atoms with Gasteiger partial charge in [-0.15, -0.1) is 6.42 Å². The number of carboxylic acid groups (broad SMARTS) is 1. The first-order chi connectivity index (χ1) is 7.43. The van der Waals surface area contributed by atoms with E-state index in [4.69, 9.17) is 11.5 Å². The average Bonchev–Trinajstić information content (AvgIpc) is 2.21. The normalized spacial score (nSPS) is 9.69. The Morgan fingerprint density at radius 2 is 2.00 bits per heavy atom. The van der Waals surface area contributed by atoms with Crippen molar-refractivity contribution >= 4 is 12.0 Å². The van der Waals surface area contributed by atoms with Crippen molar-refractivity contribution in [2.75, 3.05) is 19.6 Å². The molecular weight excluding hydrogens is 208 g/mol. The molecule has 1 N–H and O–H groups in total. The van der Waals surface area contributed by atoms with Gasteiger partial charge < -0.3 is 14.9 Å². The molecule has 0 atom stereocenters. The average molecular weight is 226 g/mol. The van der Waals surface area contributed by atoms with Crippen LogP contribution in [-0.4, -0.2) is 52.6 Å².